The molecule has 0 aliphatic heterocycles. The van der Waals surface area contributed by atoms with Crippen LogP contribution < -0.4 is 0 Å². The Hall–Kier alpha value is -0.850. The first-order valence-electron chi connectivity index (χ1n) is 4.71. The maximum atomic E-state index is 11.0. The van der Waals surface area contributed by atoms with Crippen LogP contribution >= 0.6 is 39.0 Å². The number of hydrogen-bond acceptors (Lipinski definition) is 4. The second kappa shape index (κ2) is 5.66. The van der Waals surface area contributed by atoms with Crippen molar-refractivity contribution in [2.24, 2.45) is 0 Å². The summed E-state index contributed by atoms with van der Waals surface area (Å²) in [6, 6.07) is 5.19. The lowest BCUT2D eigenvalue weighted by atomic mass is 10.3. The average molecular weight is 330 g/mol. The molecule has 0 aromatic carbocycles. The number of rotatable bonds is 4. The van der Waals surface area contributed by atoms with Gasteiger partial charge in [0.15, 0.2) is 0 Å². The Balaban J connectivity index is 2.14. The summed E-state index contributed by atoms with van der Waals surface area (Å²) >= 11 is 6.52. The summed E-state index contributed by atoms with van der Waals surface area (Å²) in [5, 5.41) is 11.6. The van der Waals surface area contributed by atoms with Crippen LogP contribution in [-0.2, 0) is 5.75 Å². The Morgan fingerprint density at radius 1 is 1.53 bits per heavy atom. The third-order valence-electron chi connectivity index (χ3n) is 2.03. The molecule has 17 heavy (non-hydrogen) atoms. The van der Waals surface area contributed by atoms with Crippen LogP contribution in [0.25, 0.3) is 0 Å². The molecule has 2 rings (SSSR count). The lowest BCUT2D eigenvalue weighted by Crippen LogP contribution is -2.00. The van der Waals surface area contributed by atoms with Crippen molar-refractivity contribution < 1.29 is 9.90 Å². The second-order valence-electron chi connectivity index (χ2n) is 3.14. The first kappa shape index (κ1) is 12.6. The molecule has 2 aromatic heterocycles. The molecule has 0 radical (unpaired) electrons. The Kier molecular flexibility index (Phi) is 4.20. The standard InChI is InChI=1S/C11H8BrNO2S2/c12-8-3-5-16-9(8)6-17-10-7(11(14)15)2-1-4-13-10/h1-5H,6H2,(H,14,15). The van der Waals surface area contributed by atoms with Crippen molar-refractivity contribution in [3.63, 3.8) is 0 Å². The number of thioether (sulfide) groups is 1. The second-order valence-corrected chi connectivity index (χ2v) is 5.96. The topological polar surface area (TPSA) is 50.2 Å². The third kappa shape index (κ3) is 3.08. The van der Waals surface area contributed by atoms with E-state index < -0.39 is 5.97 Å². The fraction of sp³-hybridized carbons (Fsp3) is 0.0909. The smallest absolute Gasteiger partial charge is 0.338 e. The number of carboxylic acids is 1. The molecule has 3 nitrogen and oxygen atoms in total. The fourth-order valence-corrected chi connectivity index (χ4v) is 4.01. The van der Waals surface area contributed by atoms with Gasteiger partial charge in [0, 0.05) is 21.3 Å². The molecule has 2 heterocycles. The van der Waals surface area contributed by atoms with Crippen LogP contribution in [0.2, 0.25) is 0 Å². The van der Waals surface area contributed by atoms with Crippen molar-refractivity contribution in [2.75, 3.05) is 0 Å². The van der Waals surface area contributed by atoms with Gasteiger partial charge >= 0.3 is 5.97 Å². The SMILES string of the molecule is O=C(O)c1cccnc1SCc1sccc1Br. The van der Waals surface area contributed by atoms with E-state index >= 15 is 0 Å². The first-order chi connectivity index (χ1) is 8.18. The molecule has 0 unspecified atom stereocenters. The summed E-state index contributed by atoms with van der Waals surface area (Å²) < 4.78 is 1.06. The maximum absolute atomic E-state index is 11.0. The van der Waals surface area contributed by atoms with Gasteiger partial charge in [-0.1, -0.05) is 11.8 Å². The van der Waals surface area contributed by atoms with Crippen LogP contribution in [0.15, 0.2) is 39.3 Å². The van der Waals surface area contributed by atoms with E-state index in [1.807, 2.05) is 11.4 Å². The summed E-state index contributed by atoms with van der Waals surface area (Å²) in [5.41, 5.74) is 0.255. The van der Waals surface area contributed by atoms with Crippen LogP contribution in [-0.4, -0.2) is 16.1 Å². The molecule has 6 heteroatoms. The Morgan fingerprint density at radius 2 is 2.35 bits per heavy atom. The van der Waals surface area contributed by atoms with E-state index in [2.05, 4.69) is 20.9 Å². The molecule has 2 aromatic rings. The van der Waals surface area contributed by atoms with E-state index in [0.717, 1.165) is 10.2 Å². The average Bonchev–Trinajstić information content (AvgIpc) is 2.72. The summed E-state index contributed by atoms with van der Waals surface area (Å²) in [5.74, 6) is -0.221. The minimum absolute atomic E-state index is 0.255. The number of carbonyl (C=O) groups is 1. The van der Waals surface area contributed by atoms with E-state index in [-0.39, 0.29) is 5.56 Å². The van der Waals surface area contributed by atoms with Crippen LogP contribution in [0.4, 0.5) is 0 Å². The van der Waals surface area contributed by atoms with Gasteiger partial charge in [-0.05, 0) is 39.5 Å². The Labute approximate surface area is 115 Å². The van der Waals surface area contributed by atoms with Crippen molar-refractivity contribution in [1.82, 2.24) is 4.98 Å². The van der Waals surface area contributed by atoms with Gasteiger partial charge < -0.3 is 5.11 Å². The Bertz CT molecular complexity index is 542. The lowest BCUT2D eigenvalue weighted by molar-refractivity contribution is 0.0692. The van der Waals surface area contributed by atoms with Gasteiger partial charge in [-0.25, -0.2) is 9.78 Å². The lowest BCUT2D eigenvalue weighted by Gasteiger charge is -2.03. The van der Waals surface area contributed by atoms with E-state index in [1.165, 1.54) is 16.6 Å². The molecular weight excluding hydrogens is 322 g/mol. The van der Waals surface area contributed by atoms with Crippen LogP contribution in [0.3, 0.4) is 0 Å². The quantitative estimate of drug-likeness (QED) is 0.864. The number of hydrogen-bond donors (Lipinski definition) is 1. The molecule has 0 spiro atoms. The number of carboxylic acid groups (broad SMARTS) is 1. The number of aromatic nitrogens is 1. The molecule has 0 atom stereocenters. The summed E-state index contributed by atoms with van der Waals surface area (Å²) in [6.07, 6.45) is 1.61. The molecule has 0 saturated carbocycles. The highest BCUT2D eigenvalue weighted by Crippen LogP contribution is 2.30. The zero-order valence-corrected chi connectivity index (χ0v) is 11.8. The normalized spacial score (nSPS) is 10.4. The van der Waals surface area contributed by atoms with Crippen LogP contribution in [0.5, 0.6) is 0 Å². The maximum Gasteiger partial charge on any atom is 0.338 e. The molecule has 0 aliphatic rings. The van der Waals surface area contributed by atoms with Gasteiger partial charge in [0.25, 0.3) is 0 Å². The van der Waals surface area contributed by atoms with Gasteiger partial charge in [-0.2, -0.15) is 0 Å². The van der Waals surface area contributed by atoms with Crippen molar-refractivity contribution in [3.05, 3.63) is 44.7 Å². The molecule has 0 fully saturated rings. The van der Waals surface area contributed by atoms with Gasteiger partial charge in [-0.3, -0.25) is 0 Å². The first-order valence-corrected chi connectivity index (χ1v) is 7.37. The monoisotopic (exact) mass is 329 g/mol. The summed E-state index contributed by atoms with van der Waals surface area (Å²) in [7, 11) is 0. The molecule has 0 amide bonds. The molecule has 1 N–H and O–H groups in total. The highest BCUT2D eigenvalue weighted by Gasteiger charge is 2.12. The van der Waals surface area contributed by atoms with Gasteiger partial charge in [0.05, 0.1) is 5.56 Å². The van der Waals surface area contributed by atoms with E-state index in [9.17, 15) is 4.79 Å². The van der Waals surface area contributed by atoms with E-state index in [1.54, 1.807) is 29.7 Å². The molecule has 0 aliphatic carbocycles. The van der Waals surface area contributed by atoms with E-state index in [0.29, 0.717) is 5.03 Å². The zero-order valence-electron chi connectivity index (χ0n) is 8.59. The van der Waals surface area contributed by atoms with Crippen molar-refractivity contribution in [3.8, 4) is 0 Å². The van der Waals surface area contributed by atoms with Gasteiger partial charge in [0.2, 0.25) is 0 Å². The van der Waals surface area contributed by atoms with Crippen molar-refractivity contribution in [1.29, 1.82) is 0 Å². The van der Waals surface area contributed by atoms with Crippen LogP contribution in [0, 0.1) is 0 Å². The van der Waals surface area contributed by atoms with Crippen LogP contribution in [0.1, 0.15) is 15.2 Å². The predicted molar refractivity (Wildman–Crippen MR) is 72.8 cm³/mol. The number of aromatic carboxylic acids is 1. The molecular formula is C11H8BrNO2S2. The number of nitrogens with zero attached hydrogens (tertiary/aromatic N) is 1. The Morgan fingerprint density at radius 3 is 3.00 bits per heavy atom. The molecule has 0 bridgehead atoms. The molecule has 88 valence electrons. The molecule has 0 saturated heterocycles. The fourth-order valence-electron chi connectivity index (χ4n) is 1.23. The summed E-state index contributed by atoms with van der Waals surface area (Å²) in [4.78, 5) is 16.3. The third-order valence-corrected chi connectivity index (χ3v) is 5.17. The number of thiophene rings is 1. The van der Waals surface area contributed by atoms with E-state index in [4.69, 9.17) is 5.11 Å². The van der Waals surface area contributed by atoms with Crippen molar-refractivity contribution in [2.45, 2.75) is 10.8 Å². The minimum atomic E-state index is -0.939. The highest BCUT2D eigenvalue weighted by atomic mass is 79.9. The van der Waals surface area contributed by atoms with Gasteiger partial charge in [0.1, 0.15) is 5.03 Å². The number of pyridine rings is 1. The number of halogens is 1. The minimum Gasteiger partial charge on any atom is -0.478 e. The largest absolute Gasteiger partial charge is 0.478 e. The predicted octanol–water partition coefficient (Wildman–Crippen LogP) is 3.90. The summed E-state index contributed by atoms with van der Waals surface area (Å²) in [6.45, 7) is 0. The van der Waals surface area contributed by atoms with Gasteiger partial charge in [-0.15, -0.1) is 11.3 Å². The highest BCUT2D eigenvalue weighted by molar-refractivity contribution is 9.10. The van der Waals surface area contributed by atoms with Crippen molar-refractivity contribution >= 4 is 45.0 Å². The zero-order chi connectivity index (χ0) is 12.3.